The standard InChI is InChI=1S/C19H25N3O5/c1-2-26-19(25)21-8-5-14(6-9-21)13-27-16-3-4-17-15(11-16)12-20-22(17)10-7-18(23)24/h3-4,11-12,14H,2,5-10,13H2,1H3,(H,23,24). The number of aliphatic carboxylic acids is 1. The first kappa shape index (κ1) is 19.0. The fourth-order valence-electron chi connectivity index (χ4n) is 3.25. The number of amides is 1. The van der Waals surface area contributed by atoms with Crippen LogP contribution >= 0.6 is 0 Å². The lowest BCUT2D eigenvalue weighted by Gasteiger charge is -2.31. The summed E-state index contributed by atoms with van der Waals surface area (Å²) in [6.07, 6.45) is 3.33. The number of carbonyl (C=O) groups is 2. The van der Waals surface area contributed by atoms with Crippen molar-refractivity contribution >= 4 is 23.0 Å². The van der Waals surface area contributed by atoms with Crippen LogP contribution in [0.25, 0.3) is 10.9 Å². The van der Waals surface area contributed by atoms with E-state index in [2.05, 4.69) is 5.10 Å². The number of carbonyl (C=O) groups excluding carboxylic acids is 1. The van der Waals surface area contributed by atoms with Crippen LogP contribution in [0.1, 0.15) is 26.2 Å². The van der Waals surface area contributed by atoms with Gasteiger partial charge in [0.15, 0.2) is 0 Å². The SMILES string of the molecule is CCOC(=O)N1CCC(COc2ccc3c(cnn3CCC(=O)O)c2)CC1. The molecule has 1 amide bonds. The molecular weight excluding hydrogens is 350 g/mol. The number of carboxylic acids is 1. The van der Waals surface area contributed by atoms with Gasteiger partial charge in [-0.05, 0) is 43.9 Å². The van der Waals surface area contributed by atoms with Crippen molar-refractivity contribution in [2.45, 2.75) is 32.7 Å². The molecule has 8 nitrogen and oxygen atoms in total. The Morgan fingerprint density at radius 3 is 2.78 bits per heavy atom. The Hall–Kier alpha value is -2.77. The van der Waals surface area contributed by atoms with E-state index < -0.39 is 5.97 Å². The van der Waals surface area contributed by atoms with Crippen molar-refractivity contribution in [3.8, 4) is 5.75 Å². The molecule has 8 heteroatoms. The third-order valence-corrected chi connectivity index (χ3v) is 4.78. The molecule has 0 unspecified atom stereocenters. The average molecular weight is 375 g/mol. The average Bonchev–Trinajstić information content (AvgIpc) is 3.07. The summed E-state index contributed by atoms with van der Waals surface area (Å²) in [6.45, 7) is 4.56. The van der Waals surface area contributed by atoms with Crippen LogP contribution in [0.15, 0.2) is 24.4 Å². The van der Waals surface area contributed by atoms with Crippen molar-refractivity contribution in [3.05, 3.63) is 24.4 Å². The number of carboxylic acid groups (broad SMARTS) is 1. The van der Waals surface area contributed by atoms with Crippen LogP contribution in [0.3, 0.4) is 0 Å². The molecule has 0 aliphatic carbocycles. The molecule has 1 aliphatic rings. The van der Waals surface area contributed by atoms with Gasteiger partial charge in [-0.3, -0.25) is 9.48 Å². The zero-order valence-corrected chi connectivity index (χ0v) is 15.5. The molecule has 2 heterocycles. The van der Waals surface area contributed by atoms with Crippen LogP contribution in [0.5, 0.6) is 5.75 Å². The van der Waals surface area contributed by atoms with E-state index in [4.69, 9.17) is 14.6 Å². The largest absolute Gasteiger partial charge is 0.493 e. The van der Waals surface area contributed by atoms with Gasteiger partial charge in [-0.2, -0.15) is 5.10 Å². The number of piperidine rings is 1. The molecule has 2 aromatic rings. The molecule has 3 rings (SSSR count). The van der Waals surface area contributed by atoms with Crippen LogP contribution in [-0.2, 0) is 16.1 Å². The molecule has 0 bridgehead atoms. The maximum atomic E-state index is 11.7. The van der Waals surface area contributed by atoms with Crippen LogP contribution in [0.4, 0.5) is 4.79 Å². The maximum absolute atomic E-state index is 11.7. The van der Waals surface area contributed by atoms with Gasteiger partial charge in [0.25, 0.3) is 0 Å². The van der Waals surface area contributed by atoms with Crippen LogP contribution in [0.2, 0.25) is 0 Å². The minimum absolute atomic E-state index is 0.0412. The van der Waals surface area contributed by atoms with E-state index >= 15 is 0 Å². The van der Waals surface area contributed by atoms with Gasteiger partial charge in [0, 0.05) is 18.5 Å². The van der Waals surface area contributed by atoms with Gasteiger partial charge in [0.1, 0.15) is 5.75 Å². The van der Waals surface area contributed by atoms with E-state index in [1.54, 1.807) is 15.8 Å². The Labute approximate surface area is 157 Å². The molecule has 0 radical (unpaired) electrons. The first-order valence-corrected chi connectivity index (χ1v) is 9.28. The molecule has 146 valence electrons. The smallest absolute Gasteiger partial charge is 0.409 e. The third-order valence-electron chi connectivity index (χ3n) is 4.78. The first-order valence-electron chi connectivity index (χ1n) is 9.28. The summed E-state index contributed by atoms with van der Waals surface area (Å²) in [6, 6.07) is 5.71. The number of ether oxygens (including phenoxy) is 2. The van der Waals surface area contributed by atoms with Crippen molar-refractivity contribution in [1.82, 2.24) is 14.7 Å². The number of fused-ring (bicyclic) bond motifs is 1. The number of benzene rings is 1. The molecule has 27 heavy (non-hydrogen) atoms. The molecule has 1 saturated heterocycles. The second kappa shape index (κ2) is 8.75. The highest BCUT2D eigenvalue weighted by Crippen LogP contribution is 2.23. The highest BCUT2D eigenvalue weighted by atomic mass is 16.6. The highest BCUT2D eigenvalue weighted by molar-refractivity contribution is 5.80. The predicted octanol–water partition coefficient (Wildman–Crippen LogP) is 2.76. The van der Waals surface area contributed by atoms with E-state index in [-0.39, 0.29) is 12.5 Å². The lowest BCUT2D eigenvalue weighted by molar-refractivity contribution is -0.137. The highest BCUT2D eigenvalue weighted by Gasteiger charge is 2.24. The van der Waals surface area contributed by atoms with Gasteiger partial charge >= 0.3 is 12.1 Å². The summed E-state index contributed by atoms with van der Waals surface area (Å²) >= 11 is 0. The van der Waals surface area contributed by atoms with Crippen LogP contribution in [0, 0.1) is 5.92 Å². The van der Waals surface area contributed by atoms with E-state index in [1.165, 1.54) is 0 Å². The second-order valence-electron chi connectivity index (χ2n) is 6.67. The van der Waals surface area contributed by atoms with Gasteiger partial charge in [0.2, 0.25) is 0 Å². The summed E-state index contributed by atoms with van der Waals surface area (Å²) in [5, 5.41) is 14.0. The van der Waals surface area contributed by atoms with E-state index in [1.807, 2.05) is 25.1 Å². The summed E-state index contributed by atoms with van der Waals surface area (Å²) in [5.41, 5.74) is 0.895. The Morgan fingerprint density at radius 1 is 1.30 bits per heavy atom. The normalized spacial score (nSPS) is 15.1. The van der Waals surface area contributed by atoms with Gasteiger partial charge < -0.3 is 19.5 Å². The second-order valence-corrected chi connectivity index (χ2v) is 6.67. The summed E-state index contributed by atoms with van der Waals surface area (Å²) < 4.78 is 12.7. The topological polar surface area (TPSA) is 93.9 Å². The number of hydrogen-bond acceptors (Lipinski definition) is 5. The molecule has 0 spiro atoms. The fraction of sp³-hybridized carbons (Fsp3) is 0.526. The van der Waals surface area contributed by atoms with Crippen molar-refractivity contribution in [3.63, 3.8) is 0 Å². The van der Waals surface area contributed by atoms with Crippen molar-refractivity contribution < 1.29 is 24.2 Å². The van der Waals surface area contributed by atoms with E-state index in [0.29, 0.717) is 38.8 Å². The number of nitrogens with zero attached hydrogens (tertiary/aromatic N) is 3. The molecule has 0 atom stereocenters. The maximum Gasteiger partial charge on any atom is 0.409 e. The number of aryl methyl sites for hydroxylation is 1. The first-order chi connectivity index (χ1) is 13.1. The Balaban J connectivity index is 1.51. The molecule has 1 aromatic heterocycles. The zero-order valence-electron chi connectivity index (χ0n) is 15.5. The minimum Gasteiger partial charge on any atom is -0.493 e. The lowest BCUT2D eigenvalue weighted by atomic mass is 9.98. The van der Waals surface area contributed by atoms with Crippen molar-refractivity contribution in [2.75, 3.05) is 26.3 Å². The van der Waals surface area contributed by atoms with Gasteiger partial charge in [-0.15, -0.1) is 0 Å². The zero-order chi connectivity index (χ0) is 19.2. The van der Waals surface area contributed by atoms with E-state index in [0.717, 1.165) is 29.5 Å². The van der Waals surface area contributed by atoms with Crippen molar-refractivity contribution in [1.29, 1.82) is 0 Å². The lowest BCUT2D eigenvalue weighted by Crippen LogP contribution is -2.40. The van der Waals surface area contributed by atoms with Gasteiger partial charge in [-0.1, -0.05) is 0 Å². The van der Waals surface area contributed by atoms with Gasteiger partial charge in [0.05, 0.1) is 37.9 Å². The predicted molar refractivity (Wildman–Crippen MR) is 98.8 cm³/mol. The van der Waals surface area contributed by atoms with Gasteiger partial charge in [-0.25, -0.2) is 4.79 Å². The quantitative estimate of drug-likeness (QED) is 0.800. The molecular formula is C19H25N3O5. The fourth-order valence-corrected chi connectivity index (χ4v) is 3.25. The Bertz CT molecular complexity index is 796. The molecule has 1 aromatic carbocycles. The number of aromatic nitrogens is 2. The number of hydrogen-bond donors (Lipinski definition) is 1. The summed E-state index contributed by atoms with van der Waals surface area (Å²) in [4.78, 5) is 24.2. The van der Waals surface area contributed by atoms with Crippen LogP contribution in [-0.4, -0.2) is 58.2 Å². The monoisotopic (exact) mass is 375 g/mol. The molecule has 1 N–H and O–H groups in total. The minimum atomic E-state index is -0.840. The van der Waals surface area contributed by atoms with Crippen molar-refractivity contribution in [2.24, 2.45) is 5.92 Å². The Kier molecular flexibility index (Phi) is 6.16. The van der Waals surface area contributed by atoms with E-state index in [9.17, 15) is 9.59 Å². The Morgan fingerprint density at radius 2 is 2.07 bits per heavy atom. The number of likely N-dealkylation sites (tertiary alicyclic amines) is 1. The summed E-state index contributed by atoms with van der Waals surface area (Å²) in [5.74, 6) is 0.338. The molecule has 1 fully saturated rings. The molecule has 0 saturated carbocycles. The number of rotatable bonds is 7. The van der Waals surface area contributed by atoms with Crippen LogP contribution < -0.4 is 4.74 Å². The summed E-state index contributed by atoms with van der Waals surface area (Å²) in [7, 11) is 0. The molecule has 1 aliphatic heterocycles. The third kappa shape index (κ3) is 4.90.